The van der Waals surface area contributed by atoms with E-state index in [4.69, 9.17) is 13.1 Å². The van der Waals surface area contributed by atoms with Gasteiger partial charge in [-0.25, -0.2) is 9.69 Å². The van der Waals surface area contributed by atoms with Gasteiger partial charge in [-0.2, -0.15) is 18.4 Å². The highest BCUT2D eigenvalue weighted by Crippen LogP contribution is 2.46. The average molecular weight is 870 g/mol. The van der Waals surface area contributed by atoms with E-state index in [2.05, 4.69) is 49.2 Å². The molecule has 0 aliphatic rings. The third kappa shape index (κ3) is 6.61. The number of nitrogens with zero attached hydrogens (tertiary/aromatic N) is 5. The van der Waals surface area contributed by atoms with Crippen molar-refractivity contribution in [2.24, 2.45) is 0 Å². The molecule has 0 aliphatic heterocycles. The Labute approximate surface area is 383 Å². The number of rotatable bonds is 6. The molecule has 11 aromatic rings. The van der Waals surface area contributed by atoms with Crippen LogP contribution in [0.1, 0.15) is 16.7 Å². The highest BCUT2D eigenvalue weighted by Gasteiger charge is 2.34. The number of hydrogen-bond donors (Lipinski definition) is 0. The fourth-order valence-corrected chi connectivity index (χ4v) is 9.83. The molecule has 0 fully saturated rings. The average Bonchev–Trinajstić information content (AvgIpc) is 3.87. The molecule has 11 rings (SSSR count). The first-order chi connectivity index (χ1) is 32.7. The maximum absolute atomic E-state index is 14.9. The van der Waals surface area contributed by atoms with Crippen LogP contribution in [0.4, 0.5) is 24.5 Å². The number of para-hydroxylation sites is 4. The summed E-state index contributed by atoms with van der Waals surface area (Å²) in [5, 5.41) is 14.3. The van der Waals surface area contributed by atoms with Gasteiger partial charge in [0.15, 0.2) is 11.4 Å². The van der Waals surface area contributed by atoms with Crippen molar-refractivity contribution < 1.29 is 13.2 Å². The maximum atomic E-state index is 14.9. The molecule has 5 nitrogen and oxygen atoms in total. The lowest BCUT2D eigenvalue weighted by atomic mass is 9.90. The Morgan fingerprint density at radius 1 is 0.463 bits per heavy atom. The molecular weight excluding hydrogens is 836 g/mol. The van der Waals surface area contributed by atoms with Crippen molar-refractivity contribution in [1.29, 1.82) is 5.26 Å². The van der Waals surface area contributed by atoms with Gasteiger partial charge in [0.05, 0.1) is 63.8 Å². The van der Waals surface area contributed by atoms with Crippen LogP contribution in [0.2, 0.25) is 0 Å². The first-order valence-corrected chi connectivity index (χ1v) is 21.5. The minimum atomic E-state index is -4.62. The van der Waals surface area contributed by atoms with Crippen LogP contribution in [0.3, 0.4) is 0 Å². The predicted molar refractivity (Wildman–Crippen MR) is 264 cm³/mol. The molecule has 0 atom stereocenters. The fourth-order valence-electron chi connectivity index (χ4n) is 9.83. The molecule has 0 saturated carbocycles. The SMILES string of the molecule is [C-]#[N+]c1ccccc1-c1ccc2c(c1)c1ccccc1n2-c1ccc(-c2c(C)cccc2C(F)(F)F)cc1-c1ccc(C#N)cc1-n1c2ccccc2c2cc(-c3ccccc3[N+]#[C-])ccc21. The van der Waals surface area contributed by atoms with E-state index in [0.717, 1.165) is 77.6 Å². The van der Waals surface area contributed by atoms with Crippen molar-refractivity contribution in [3.8, 4) is 62.0 Å². The van der Waals surface area contributed by atoms with Gasteiger partial charge in [-0.3, -0.25) is 0 Å². The van der Waals surface area contributed by atoms with Gasteiger partial charge in [-0.05, 0) is 113 Å². The Bertz CT molecular complexity index is 3980. The minimum absolute atomic E-state index is 0.0902. The summed E-state index contributed by atoms with van der Waals surface area (Å²) in [6, 6.07) is 61.0. The number of aryl methyl sites for hydroxylation is 1. The summed E-state index contributed by atoms with van der Waals surface area (Å²) in [5.74, 6) is 0. The molecule has 9 aromatic carbocycles. The monoisotopic (exact) mass is 869 g/mol. The lowest BCUT2D eigenvalue weighted by molar-refractivity contribution is -0.137. The molecule has 2 heterocycles. The topological polar surface area (TPSA) is 42.4 Å². The second-order valence-electron chi connectivity index (χ2n) is 16.5. The quantitative estimate of drug-likeness (QED) is 0.154. The largest absolute Gasteiger partial charge is 0.417 e. The molecule has 67 heavy (non-hydrogen) atoms. The Hall–Kier alpha value is -9.16. The van der Waals surface area contributed by atoms with Gasteiger partial charge in [0, 0.05) is 32.7 Å². The van der Waals surface area contributed by atoms with Crippen molar-refractivity contribution in [2.75, 3.05) is 0 Å². The molecule has 8 heteroatoms. The standard InChI is InChI=1S/C59H34F3N5/c1-36-13-12-18-49(59(60,61)62)58(36)40-26-30-55(66-52-21-10-6-16-43(52)46-32-38(24-28-54(46)66)41-14-4-8-19-50(41)64-2)48(34-40)45-27-23-37(35-63)31-57(45)67-53-22-11-7-17-44(53)47-33-39(25-29-56(47)67)42-15-5-9-20-51(42)65-3/h4-34H,1H3. The smallest absolute Gasteiger partial charge is 0.309 e. The van der Waals surface area contributed by atoms with Crippen LogP contribution in [0.5, 0.6) is 0 Å². The van der Waals surface area contributed by atoms with Crippen molar-refractivity contribution in [2.45, 2.75) is 13.1 Å². The molecular formula is C59H34F3N5. The zero-order valence-corrected chi connectivity index (χ0v) is 35.8. The summed E-state index contributed by atoms with van der Waals surface area (Å²) in [7, 11) is 0. The van der Waals surface area contributed by atoms with E-state index in [1.54, 1.807) is 31.2 Å². The molecule has 316 valence electrons. The highest BCUT2D eigenvalue weighted by molar-refractivity contribution is 6.13. The van der Waals surface area contributed by atoms with Crippen LogP contribution in [0.15, 0.2) is 188 Å². The van der Waals surface area contributed by atoms with Gasteiger partial charge in [0.1, 0.15) is 0 Å². The van der Waals surface area contributed by atoms with Crippen molar-refractivity contribution in [3.63, 3.8) is 0 Å². The number of nitriles is 1. The Kier molecular flexibility index (Phi) is 9.59. The van der Waals surface area contributed by atoms with E-state index < -0.39 is 11.7 Å². The maximum Gasteiger partial charge on any atom is 0.417 e. The van der Waals surface area contributed by atoms with Crippen molar-refractivity contribution in [3.05, 3.63) is 228 Å². The van der Waals surface area contributed by atoms with Gasteiger partial charge in [-0.15, -0.1) is 0 Å². The molecule has 0 amide bonds. The minimum Gasteiger partial charge on any atom is -0.309 e. The van der Waals surface area contributed by atoms with Crippen molar-refractivity contribution in [1.82, 2.24) is 9.13 Å². The van der Waals surface area contributed by atoms with E-state index in [-0.39, 0.29) is 5.56 Å². The van der Waals surface area contributed by atoms with E-state index in [0.29, 0.717) is 44.9 Å². The van der Waals surface area contributed by atoms with Crippen LogP contribution >= 0.6 is 0 Å². The van der Waals surface area contributed by atoms with Crippen LogP contribution in [-0.2, 0) is 6.18 Å². The molecule has 0 aliphatic carbocycles. The van der Waals surface area contributed by atoms with Gasteiger partial charge >= 0.3 is 6.18 Å². The third-order valence-corrected chi connectivity index (χ3v) is 12.8. The molecule has 2 aromatic heterocycles. The first-order valence-electron chi connectivity index (χ1n) is 21.5. The van der Waals surface area contributed by atoms with Crippen LogP contribution < -0.4 is 0 Å². The van der Waals surface area contributed by atoms with E-state index in [1.807, 2.05) is 127 Å². The van der Waals surface area contributed by atoms with Crippen LogP contribution in [0, 0.1) is 31.4 Å². The predicted octanol–water partition coefficient (Wildman–Crippen LogP) is 16.8. The second-order valence-corrected chi connectivity index (χ2v) is 16.5. The third-order valence-electron chi connectivity index (χ3n) is 12.8. The summed E-state index contributed by atoms with van der Waals surface area (Å²) in [4.78, 5) is 7.58. The van der Waals surface area contributed by atoms with Crippen LogP contribution in [-0.4, -0.2) is 9.13 Å². The Morgan fingerprint density at radius 2 is 0.985 bits per heavy atom. The molecule has 0 saturated heterocycles. The fraction of sp³-hybridized carbons (Fsp3) is 0.0339. The van der Waals surface area contributed by atoms with E-state index in [1.165, 1.54) is 6.07 Å². The van der Waals surface area contributed by atoms with Gasteiger partial charge < -0.3 is 9.13 Å². The lowest BCUT2D eigenvalue weighted by Gasteiger charge is -2.21. The molecule has 0 radical (unpaired) electrons. The number of benzene rings is 9. The number of halogens is 3. The molecule has 0 N–H and O–H groups in total. The molecule has 0 unspecified atom stereocenters. The highest BCUT2D eigenvalue weighted by atomic mass is 19.4. The zero-order chi connectivity index (χ0) is 46.0. The van der Waals surface area contributed by atoms with Gasteiger partial charge in [-0.1, -0.05) is 121 Å². The zero-order valence-electron chi connectivity index (χ0n) is 35.8. The van der Waals surface area contributed by atoms with E-state index >= 15 is 0 Å². The normalized spacial score (nSPS) is 11.5. The van der Waals surface area contributed by atoms with Gasteiger partial charge in [0.2, 0.25) is 0 Å². The van der Waals surface area contributed by atoms with Gasteiger partial charge in [0.25, 0.3) is 0 Å². The summed E-state index contributed by atoms with van der Waals surface area (Å²) >= 11 is 0. The number of hydrogen-bond acceptors (Lipinski definition) is 1. The summed E-state index contributed by atoms with van der Waals surface area (Å²) in [6.07, 6.45) is -4.62. The summed E-state index contributed by atoms with van der Waals surface area (Å²) in [6.45, 7) is 17.4. The second kappa shape index (κ2) is 15.8. The number of alkyl halides is 3. The number of fused-ring (bicyclic) bond motifs is 6. The van der Waals surface area contributed by atoms with Crippen molar-refractivity contribution >= 4 is 55.0 Å². The molecule has 0 bridgehead atoms. The first kappa shape index (κ1) is 40.6. The Morgan fingerprint density at radius 3 is 1.55 bits per heavy atom. The molecule has 0 spiro atoms. The lowest BCUT2D eigenvalue weighted by Crippen LogP contribution is -2.08. The Balaban J connectivity index is 1.24. The summed E-state index contributed by atoms with van der Waals surface area (Å²) < 4.78 is 49.1. The summed E-state index contributed by atoms with van der Waals surface area (Å²) in [5.41, 5.74) is 11.3. The van der Waals surface area contributed by atoms with E-state index in [9.17, 15) is 18.4 Å². The van der Waals surface area contributed by atoms with Crippen LogP contribution in [0.25, 0.3) is 109 Å². The number of aromatic nitrogens is 2.